The van der Waals surface area contributed by atoms with Crippen LogP contribution in [0.15, 0.2) is 54.7 Å². The van der Waals surface area contributed by atoms with Gasteiger partial charge in [-0.2, -0.15) is 0 Å². The molecule has 7 nitrogen and oxygen atoms in total. The molecule has 2 aliphatic rings. The van der Waals surface area contributed by atoms with Gasteiger partial charge in [-0.3, -0.25) is 0 Å². The number of rotatable bonds is 6. The Morgan fingerprint density at radius 2 is 1.77 bits per heavy atom. The second kappa shape index (κ2) is 7.91. The topological polar surface area (TPSA) is 89.3 Å². The van der Waals surface area contributed by atoms with Crippen LogP contribution in [0.5, 0.6) is 0 Å². The van der Waals surface area contributed by atoms with Crippen molar-refractivity contribution in [3.05, 3.63) is 71.5 Å². The lowest BCUT2D eigenvalue weighted by atomic mass is 9.81. The van der Waals surface area contributed by atoms with Gasteiger partial charge in [0.15, 0.2) is 0 Å². The molecule has 3 aromatic rings. The van der Waals surface area contributed by atoms with Crippen molar-refractivity contribution < 1.29 is 14.6 Å². The Morgan fingerprint density at radius 3 is 2.43 bits per heavy atom. The summed E-state index contributed by atoms with van der Waals surface area (Å²) in [6.07, 6.45) is 3.22. The zero-order valence-electron chi connectivity index (χ0n) is 16.6. The molecule has 0 unspecified atom stereocenters. The molecule has 1 heterocycles. The van der Waals surface area contributed by atoms with Gasteiger partial charge in [0.1, 0.15) is 12.3 Å². The van der Waals surface area contributed by atoms with Crippen LogP contribution in [-0.4, -0.2) is 39.4 Å². The number of hydrogen-bond acceptors (Lipinski definition) is 5. The molecule has 0 atom stereocenters. The van der Waals surface area contributed by atoms with Gasteiger partial charge in [0.2, 0.25) is 0 Å². The number of amides is 1. The fourth-order valence-corrected chi connectivity index (χ4v) is 4.45. The highest BCUT2D eigenvalue weighted by Crippen LogP contribution is 2.44. The van der Waals surface area contributed by atoms with Crippen LogP contribution in [0.4, 0.5) is 4.79 Å². The Morgan fingerprint density at radius 1 is 1.10 bits per heavy atom. The van der Waals surface area contributed by atoms with E-state index in [1.54, 1.807) is 0 Å². The number of aliphatic hydroxyl groups is 1. The smallest absolute Gasteiger partial charge is 0.407 e. The Kier molecular flexibility index (Phi) is 4.96. The number of carbonyl (C=O) groups is 1. The first-order valence-corrected chi connectivity index (χ1v) is 10.3. The standard InChI is InChI=1S/C23H24N4O3/c28-13-15-9-17(10-15)27-12-16(25-26-27)11-24-23(29)30-14-22-20-7-3-1-5-18(20)19-6-2-4-8-21(19)22/h1-8,12,15,17,22,28H,9-11,13-14H2,(H,24,29). The first kappa shape index (κ1) is 18.8. The summed E-state index contributed by atoms with van der Waals surface area (Å²) in [6, 6.07) is 16.8. The van der Waals surface area contributed by atoms with Crippen molar-refractivity contribution in [1.82, 2.24) is 20.3 Å². The quantitative estimate of drug-likeness (QED) is 0.658. The number of alkyl carbamates (subject to hydrolysis) is 1. The van der Waals surface area contributed by atoms with E-state index in [0.29, 0.717) is 11.6 Å². The van der Waals surface area contributed by atoms with Crippen LogP contribution in [0.2, 0.25) is 0 Å². The molecule has 5 rings (SSSR count). The maximum absolute atomic E-state index is 12.3. The third kappa shape index (κ3) is 3.45. The van der Waals surface area contributed by atoms with Crippen molar-refractivity contribution in [2.45, 2.75) is 31.3 Å². The molecule has 0 saturated heterocycles. The van der Waals surface area contributed by atoms with E-state index in [4.69, 9.17) is 9.84 Å². The molecular formula is C23H24N4O3. The van der Waals surface area contributed by atoms with Gasteiger partial charge in [-0.05, 0) is 41.0 Å². The van der Waals surface area contributed by atoms with E-state index in [-0.39, 0.29) is 31.7 Å². The van der Waals surface area contributed by atoms with E-state index in [2.05, 4.69) is 39.9 Å². The average molecular weight is 404 g/mol. The van der Waals surface area contributed by atoms with Crippen molar-refractivity contribution in [1.29, 1.82) is 0 Å². The van der Waals surface area contributed by atoms with Gasteiger partial charge < -0.3 is 15.2 Å². The molecule has 1 amide bonds. The van der Waals surface area contributed by atoms with E-state index < -0.39 is 6.09 Å². The molecule has 2 N–H and O–H groups in total. The van der Waals surface area contributed by atoms with E-state index >= 15 is 0 Å². The zero-order chi connectivity index (χ0) is 20.5. The second-order valence-electron chi connectivity index (χ2n) is 8.04. The molecule has 1 fully saturated rings. The summed E-state index contributed by atoms with van der Waals surface area (Å²) in [6.45, 7) is 0.783. The predicted molar refractivity (Wildman–Crippen MR) is 111 cm³/mol. The fraction of sp³-hybridized carbons (Fsp3) is 0.348. The van der Waals surface area contributed by atoms with Gasteiger partial charge in [-0.25, -0.2) is 9.48 Å². The molecule has 2 aliphatic carbocycles. The molecule has 0 bridgehead atoms. The third-order valence-corrected chi connectivity index (χ3v) is 6.16. The maximum Gasteiger partial charge on any atom is 0.407 e. The van der Waals surface area contributed by atoms with Crippen molar-refractivity contribution >= 4 is 6.09 Å². The maximum atomic E-state index is 12.3. The first-order valence-electron chi connectivity index (χ1n) is 10.3. The number of nitrogens with zero attached hydrogens (tertiary/aromatic N) is 3. The number of carbonyl (C=O) groups excluding carboxylic acids is 1. The van der Waals surface area contributed by atoms with E-state index in [9.17, 15) is 4.79 Å². The molecule has 1 aromatic heterocycles. The number of hydrogen-bond donors (Lipinski definition) is 2. The van der Waals surface area contributed by atoms with Crippen molar-refractivity contribution in [2.24, 2.45) is 5.92 Å². The molecule has 154 valence electrons. The van der Waals surface area contributed by atoms with Gasteiger partial charge in [0.25, 0.3) is 0 Å². The summed E-state index contributed by atoms with van der Waals surface area (Å²) in [5, 5.41) is 20.2. The molecule has 7 heteroatoms. The first-order chi connectivity index (χ1) is 14.7. The number of benzene rings is 2. The van der Waals surface area contributed by atoms with Crippen LogP contribution < -0.4 is 5.32 Å². The van der Waals surface area contributed by atoms with Crippen molar-refractivity contribution in [2.75, 3.05) is 13.2 Å². The summed E-state index contributed by atoms with van der Waals surface area (Å²) in [7, 11) is 0. The third-order valence-electron chi connectivity index (χ3n) is 6.16. The zero-order valence-corrected chi connectivity index (χ0v) is 16.6. The highest BCUT2D eigenvalue weighted by Gasteiger charge is 2.31. The van der Waals surface area contributed by atoms with Gasteiger partial charge >= 0.3 is 6.09 Å². The van der Waals surface area contributed by atoms with Crippen LogP contribution >= 0.6 is 0 Å². The minimum Gasteiger partial charge on any atom is -0.449 e. The summed E-state index contributed by atoms with van der Waals surface area (Å²) >= 11 is 0. The summed E-state index contributed by atoms with van der Waals surface area (Å²) < 4.78 is 7.36. The molecule has 0 spiro atoms. The lowest BCUT2D eigenvalue weighted by Crippen LogP contribution is -2.29. The van der Waals surface area contributed by atoms with Gasteiger partial charge in [-0.15, -0.1) is 5.10 Å². The summed E-state index contributed by atoms with van der Waals surface area (Å²) in [5.74, 6) is 0.406. The molecule has 0 aliphatic heterocycles. The van der Waals surface area contributed by atoms with Gasteiger partial charge in [0, 0.05) is 12.5 Å². The summed E-state index contributed by atoms with van der Waals surface area (Å²) in [4.78, 5) is 12.3. The molecule has 0 radical (unpaired) electrons. The molecule has 2 aromatic carbocycles. The Balaban J connectivity index is 1.16. The number of aliphatic hydroxyl groups excluding tert-OH is 1. The number of fused-ring (bicyclic) bond motifs is 3. The van der Waals surface area contributed by atoms with E-state index in [1.165, 1.54) is 22.3 Å². The minimum absolute atomic E-state index is 0.0436. The van der Waals surface area contributed by atoms with Gasteiger partial charge in [0.05, 0.1) is 18.8 Å². The molecular weight excluding hydrogens is 380 g/mol. The molecule has 30 heavy (non-hydrogen) atoms. The Labute approximate surface area is 174 Å². The highest BCUT2D eigenvalue weighted by atomic mass is 16.5. The van der Waals surface area contributed by atoms with E-state index in [1.807, 2.05) is 35.1 Å². The highest BCUT2D eigenvalue weighted by molar-refractivity contribution is 5.79. The van der Waals surface area contributed by atoms with Crippen LogP contribution in [0.25, 0.3) is 11.1 Å². The number of nitrogens with one attached hydrogen (secondary N) is 1. The van der Waals surface area contributed by atoms with Crippen LogP contribution in [-0.2, 0) is 11.3 Å². The second-order valence-corrected chi connectivity index (χ2v) is 8.04. The fourth-order valence-electron chi connectivity index (χ4n) is 4.45. The van der Waals surface area contributed by atoms with Crippen molar-refractivity contribution in [3.8, 4) is 11.1 Å². The monoisotopic (exact) mass is 404 g/mol. The predicted octanol–water partition coefficient (Wildman–Crippen LogP) is 3.26. The van der Waals surface area contributed by atoms with Crippen LogP contribution in [0.1, 0.15) is 41.6 Å². The lowest BCUT2D eigenvalue weighted by Gasteiger charge is -2.33. The van der Waals surface area contributed by atoms with Crippen LogP contribution in [0.3, 0.4) is 0 Å². The van der Waals surface area contributed by atoms with Gasteiger partial charge in [-0.1, -0.05) is 53.7 Å². The van der Waals surface area contributed by atoms with Crippen molar-refractivity contribution in [3.63, 3.8) is 0 Å². The lowest BCUT2D eigenvalue weighted by molar-refractivity contribution is 0.104. The van der Waals surface area contributed by atoms with E-state index in [0.717, 1.165) is 12.8 Å². The van der Waals surface area contributed by atoms with Crippen LogP contribution in [0, 0.1) is 5.92 Å². The average Bonchev–Trinajstić information content (AvgIpc) is 3.33. The summed E-state index contributed by atoms with van der Waals surface area (Å²) in [5.41, 5.74) is 5.49. The number of aromatic nitrogens is 3. The molecule has 1 saturated carbocycles. The SMILES string of the molecule is O=C(NCc1cn(C2CC(CO)C2)nn1)OCC1c2ccccc2-c2ccccc21. The Hall–Kier alpha value is -3.19. The Bertz CT molecular complexity index is 1010. The minimum atomic E-state index is -0.463. The normalized spacial score (nSPS) is 19.6. The largest absolute Gasteiger partial charge is 0.449 e. The number of ether oxygens (including phenoxy) is 1.